The molecule has 0 bridgehead atoms. The summed E-state index contributed by atoms with van der Waals surface area (Å²) in [5.74, 6) is -0.0620. The molecule has 172 valence electrons. The van der Waals surface area contributed by atoms with E-state index in [-0.39, 0.29) is 16.9 Å². The van der Waals surface area contributed by atoms with Crippen LogP contribution in [0.3, 0.4) is 0 Å². The van der Waals surface area contributed by atoms with E-state index in [9.17, 15) is 13.2 Å². The van der Waals surface area contributed by atoms with Gasteiger partial charge >= 0.3 is 0 Å². The Hall–Kier alpha value is -2.46. The maximum absolute atomic E-state index is 11.9. The summed E-state index contributed by atoms with van der Waals surface area (Å²) in [7, 11) is -2.02. The van der Waals surface area contributed by atoms with Gasteiger partial charge in [0.25, 0.3) is 5.91 Å². The molecule has 1 amide bonds. The Morgan fingerprint density at radius 1 is 1.12 bits per heavy atom. The molecular formula is C23H30N4O4S. The normalized spacial score (nSPS) is 19.4. The molecule has 1 saturated heterocycles. The second-order valence-electron chi connectivity index (χ2n) is 8.26. The Morgan fingerprint density at radius 2 is 1.84 bits per heavy atom. The van der Waals surface area contributed by atoms with Gasteiger partial charge in [0, 0.05) is 51.0 Å². The van der Waals surface area contributed by atoms with Crippen LogP contribution in [0.25, 0.3) is 0 Å². The first kappa shape index (κ1) is 22.7. The predicted molar refractivity (Wildman–Crippen MR) is 123 cm³/mol. The Balaban J connectivity index is 1.31. The topological polar surface area (TPSA) is 105 Å². The van der Waals surface area contributed by atoms with E-state index in [0.29, 0.717) is 12.2 Å². The van der Waals surface area contributed by atoms with Crippen LogP contribution in [0, 0.1) is 0 Å². The van der Waals surface area contributed by atoms with Crippen molar-refractivity contribution in [1.29, 1.82) is 0 Å². The number of amides is 1. The van der Waals surface area contributed by atoms with E-state index in [0.717, 1.165) is 51.3 Å². The fourth-order valence-electron chi connectivity index (χ4n) is 4.44. The van der Waals surface area contributed by atoms with Crippen molar-refractivity contribution in [3.63, 3.8) is 0 Å². The van der Waals surface area contributed by atoms with Crippen LogP contribution in [-0.4, -0.2) is 65.6 Å². The van der Waals surface area contributed by atoms with Gasteiger partial charge in [0.2, 0.25) is 10.0 Å². The predicted octanol–water partition coefficient (Wildman–Crippen LogP) is 1.52. The molecule has 2 aromatic carbocycles. The lowest BCUT2D eigenvalue weighted by Crippen LogP contribution is -2.47. The number of sulfonamides is 1. The van der Waals surface area contributed by atoms with Gasteiger partial charge in [-0.05, 0) is 60.4 Å². The molecule has 0 aliphatic carbocycles. The summed E-state index contributed by atoms with van der Waals surface area (Å²) in [6, 6.07) is 12.6. The lowest BCUT2D eigenvalue weighted by Gasteiger charge is -2.37. The molecule has 2 aliphatic heterocycles. The van der Waals surface area contributed by atoms with Crippen LogP contribution in [0.15, 0.2) is 47.4 Å². The molecule has 0 aromatic heterocycles. The zero-order valence-electron chi connectivity index (χ0n) is 18.3. The number of ether oxygens (including phenoxy) is 1. The Labute approximate surface area is 189 Å². The van der Waals surface area contributed by atoms with Crippen molar-refractivity contribution in [3.8, 4) is 0 Å². The quantitative estimate of drug-likeness (QED) is 0.680. The highest BCUT2D eigenvalue weighted by Crippen LogP contribution is 2.31. The summed E-state index contributed by atoms with van der Waals surface area (Å²) in [4.78, 5) is 16.7. The molecule has 2 aromatic rings. The van der Waals surface area contributed by atoms with Crippen LogP contribution in [0.1, 0.15) is 34.0 Å². The van der Waals surface area contributed by atoms with Gasteiger partial charge in [-0.15, -0.1) is 0 Å². The van der Waals surface area contributed by atoms with Crippen LogP contribution in [0.4, 0.5) is 5.69 Å². The summed E-state index contributed by atoms with van der Waals surface area (Å²) >= 11 is 0. The molecule has 1 fully saturated rings. The fourth-order valence-corrected chi connectivity index (χ4v) is 4.95. The number of fused-ring (bicyclic) bond motifs is 1. The summed E-state index contributed by atoms with van der Waals surface area (Å²) in [5, 5.41) is 7.86. The number of hydrogen-bond donors (Lipinski definition) is 2. The molecule has 0 saturated carbocycles. The Morgan fingerprint density at radius 3 is 2.50 bits per heavy atom. The number of carbonyl (C=O) groups is 1. The van der Waals surface area contributed by atoms with E-state index in [1.807, 2.05) is 30.3 Å². The van der Waals surface area contributed by atoms with Crippen molar-refractivity contribution >= 4 is 21.6 Å². The van der Waals surface area contributed by atoms with E-state index in [1.54, 1.807) is 19.2 Å². The van der Waals surface area contributed by atoms with Gasteiger partial charge < -0.3 is 15.0 Å². The number of carbonyl (C=O) groups excluding carboxylic acids is 1. The van der Waals surface area contributed by atoms with Gasteiger partial charge in [-0.3, -0.25) is 9.69 Å². The monoisotopic (exact) mass is 458 g/mol. The van der Waals surface area contributed by atoms with Gasteiger partial charge in [0.15, 0.2) is 0 Å². The Kier molecular flexibility index (Phi) is 6.80. The highest BCUT2D eigenvalue weighted by Gasteiger charge is 2.24. The number of nitrogens with one attached hydrogen (secondary N) is 1. The first-order chi connectivity index (χ1) is 15.3. The van der Waals surface area contributed by atoms with Crippen molar-refractivity contribution in [3.05, 3.63) is 59.2 Å². The summed E-state index contributed by atoms with van der Waals surface area (Å²) in [6.45, 7) is 5.26. The second-order valence-corrected chi connectivity index (χ2v) is 9.82. The minimum absolute atomic E-state index is 0.0567. The molecule has 4 rings (SSSR count). The minimum atomic E-state index is -3.67. The molecule has 1 atom stereocenters. The molecule has 3 N–H and O–H groups in total. The van der Waals surface area contributed by atoms with Crippen molar-refractivity contribution in [1.82, 2.24) is 10.2 Å². The lowest BCUT2D eigenvalue weighted by molar-refractivity contribution is 0.0288. The van der Waals surface area contributed by atoms with Gasteiger partial charge in [0.1, 0.15) is 0 Å². The highest BCUT2D eigenvalue weighted by molar-refractivity contribution is 7.89. The number of benzene rings is 2. The second kappa shape index (κ2) is 9.58. The van der Waals surface area contributed by atoms with Gasteiger partial charge in [0.05, 0.1) is 17.6 Å². The van der Waals surface area contributed by atoms with Crippen LogP contribution in [0.2, 0.25) is 0 Å². The first-order valence-electron chi connectivity index (χ1n) is 10.9. The van der Waals surface area contributed by atoms with E-state index < -0.39 is 10.0 Å². The standard InChI is InChI=1S/C23H30N4O4S/c1-25-23(28)18-2-7-21-17(16-18)9-15-31-22(21)8-10-26-11-13-27(14-12-26)19-3-5-20(6-4-19)32(24,29)30/h2-7,16,22H,8-15H2,1H3,(H,25,28)(H2,24,29,30). The smallest absolute Gasteiger partial charge is 0.251 e. The number of nitrogens with zero attached hydrogens (tertiary/aromatic N) is 2. The number of piperazine rings is 1. The largest absolute Gasteiger partial charge is 0.373 e. The molecular weight excluding hydrogens is 428 g/mol. The number of primary sulfonamides is 1. The molecule has 2 aliphatic rings. The minimum Gasteiger partial charge on any atom is -0.373 e. The summed E-state index contributed by atoms with van der Waals surface area (Å²) in [6.07, 6.45) is 1.80. The molecule has 0 spiro atoms. The average molecular weight is 459 g/mol. The number of hydrogen-bond acceptors (Lipinski definition) is 6. The van der Waals surface area contributed by atoms with Crippen molar-refractivity contribution in [2.24, 2.45) is 5.14 Å². The molecule has 32 heavy (non-hydrogen) atoms. The first-order valence-corrected chi connectivity index (χ1v) is 12.5. The van der Waals surface area contributed by atoms with Gasteiger partial charge in [-0.2, -0.15) is 0 Å². The SMILES string of the molecule is CNC(=O)c1ccc2c(c1)CCOC2CCN1CCN(c2ccc(S(N)(=O)=O)cc2)CC1. The third-order valence-corrected chi connectivity index (χ3v) is 7.21. The molecule has 9 heteroatoms. The third-order valence-electron chi connectivity index (χ3n) is 6.28. The number of nitrogens with two attached hydrogens (primary N) is 1. The zero-order valence-corrected chi connectivity index (χ0v) is 19.1. The number of anilines is 1. The van der Waals surface area contributed by atoms with E-state index in [2.05, 4.69) is 15.1 Å². The molecule has 1 unspecified atom stereocenters. The van der Waals surface area contributed by atoms with Crippen molar-refractivity contribution in [2.75, 3.05) is 51.3 Å². The fraction of sp³-hybridized carbons (Fsp3) is 0.435. The van der Waals surface area contributed by atoms with Gasteiger partial charge in [-0.1, -0.05) is 6.07 Å². The van der Waals surface area contributed by atoms with E-state index in [4.69, 9.17) is 9.88 Å². The lowest BCUT2D eigenvalue weighted by atomic mass is 9.93. The van der Waals surface area contributed by atoms with Crippen LogP contribution >= 0.6 is 0 Å². The highest BCUT2D eigenvalue weighted by atomic mass is 32.2. The van der Waals surface area contributed by atoms with Gasteiger partial charge in [-0.25, -0.2) is 13.6 Å². The van der Waals surface area contributed by atoms with Crippen molar-refractivity contribution < 1.29 is 17.9 Å². The molecule has 0 radical (unpaired) electrons. The van der Waals surface area contributed by atoms with Crippen molar-refractivity contribution in [2.45, 2.75) is 23.8 Å². The molecule has 2 heterocycles. The van der Waals surface area contributed by atoms with Crippen LogP contribution in [0.5, 0.6) is 0 Å². The number of rotatable bonds is 6. The Bertz CT molecular complexity index is 1060. The van der Waals surface area contributed by atoms with Crippen LogP contribution < -0.4 is 15.4 Å². The summed E-state index contributed by atoms with van der Waals surface area (Å²) in [5.41, 5.74) is 4.10. The third kappa shape index (κ3) is 5.12. The molecule has 8 nitrogen and oxygen atoms in total. The maximum Gasteiger partial charge on any atom is 0.251 e. The van der Waals surface area contributed by atoms with E-state index in [1.165, 1.54) is 11.1 Å². The average Bonchev–Trinajstić information content (AvgIpc) is 2.81. The van der Waals surface area contributed by atoms with E-state index >= 15 is 0 Å². The zero-order chi connectivity index (χ0) is 22.7. The summed E-state index contributed by atoms with van der Waals surface area (Å²) < 4.78 is 28.9. The maximum atomic E-state index is 11.9. The van der Waals surface area contributed by atoms with Crippen LogP contribution in [-0.2, 0) is 21.2 Å².